The molecule has 1 aromatic carbocycles. The van der Waals surface area contributed by atoms with Gasteiger partial charge >= 0.3 is 11.9 Å². The zero-order chi connectivity index (χ0) is 18.1. The summed E-state index contributed by atoms with van der Waals surface area (Å²) in [6.45, 7) is 3.33. The van der Waals surface area contributed by atoms with Crippen LogP contribution < -0.4 is 9.47 Å². The molecule has 0 bridgehead atoms. The molecule has 0 aromatic heterocycles. The van der Waals surface area contributed by atoms with Crippen molar-refractivity contribution in [1.29, 1.82) is 0 Å². The van der Waals surface area contributed by atoms with Crippen molar-refractivity contribution in [2.45, 2.75) is 13.8 Å². The van der Waals surface area contributed by atoms with Crippen LogP contribution in [0.1, 0.15) is 24.2 Å². The highest BCUT2D eigenvalue weighted by molar-refractivity contribution is 6.20. The number of ether oxygens (including phenoxy) is 4. The Morgan fingerprint density at radius 1 is 0.917 bits per heavy atom. The van der Waals surface area contributed by atoms with E-state index in [1.165, 1.54) is 26.4 Å². The SMILES string of the molecule is CCOC(=O)C(=CC(=O)c1ccc(OC)c(OC)c1)C(=O)OCC. The minimum atomic E-state index is -0.912. The Morgan fingerprint density at radius 3 is 1.92 bits per heavy atom. The molecule has 0 heterocycles. The maximum Gasteiger partial charge on any atom is 0.345 e. The third-order valence-corrected chi connectivity index (χ3v) is 2.93. The van der Waals surface area contributed by atoms with Gasteiger partial charge in [0.15, 0.2) is 17.3 Å². The zero-order valence-corrected chi connectivity index (χ0v) is 14.1. The summed E-state index contributed by atoms with van der Waals surface area (Å²) in [5, 5.41) is 0. The van der Waals surface area contributed by atoms with Crippen molar-refractivity contribution in [3.63, 3.8) is 0 Å². The molecule has 7 nitrogen and oxygen atoms in total. The fourth-order valence-electron chi connectivity index (χ4n) is 1.82. The van der Waals surface area contributed by atoms with E-state index in [0.717, 1.165) is 6.08 Å². The van der Waals surface area contributed by atoms with Gasteiger partial charge in [-0.3, -0.25) is 4.79 Å². The van der Waals surface area contributed by atoms with Gasteiger partial charge in [0.05, 0.1) is 27.4 Å². The Hall–Kier alpha value is -2.83. The van der Waals surface area contributed by atoms with E-state index in [1.807, 2.05) is 0 Å². The number of carbonyl (C=O) groups excluding carboxylic acids is 3. The first-order chi connectivity index (χ1) is 11.5. The highest BCUT2D eigenvalue weighted by Crippen LogP contribution is 2.28. The Balaban J connectivity index is 3.19. The van der Waals surface area contributed by atoms with Gasteiger partial charge in [0.1, 0.15) is 5.57 Å². The summed E-state index contributed by atoms with van der Waals surface area (Å²) >= 11 is 0. The molecule has 0 amide bonds. The van der Waals surface area contributed by atoms with Crippen molar-refractivity contribution in [3.05, 3.63) is 35.4 Å². The third-order valence-electron chi connectivity index (χ3n) is 2.93. The number of allylic oxidation sites excluding steroid dienone is 1. The summed E-state index contributed by atoms with van der Waals surface area (Å²) < 4.78 is 19.8. The molecular formula is C17H20O7. The number of esters is 2. The molecule has 0 aliphatic rings. The average Bonchev–Trinajstić information content (AvgIpc) is 2.58. The molecule has 130 valence electrons. The quantitative estimate of drug-likeness (QED) is 0.236. The van der Waals surface area contributed by atoms with Crippen LogP contribution in [-0.4, -0.2) is 45.2 Å². The molecule has 0 aliphatic carbocycles. The number of benzene rings is 1. The van der Waals surface area contributed by atoms with E-state index in [-0.39, 0.29) is 18.8 Å². The molecule has 0 unspecified atom stereocenters. The van der Waals surface area contributed by atoms with Crippen LogP contribution in [-0.2, 0) is 19.1 Å². The zero-order valence-electron chi connectivity index (χ0n) is 14.1. The van der Waals surface area contributed by atoms with Crippen molar-refractivity contribution in [2.75, 3.05) is 27.4 Å². The van der Waals surface area contributed by atoms with E-state index < -0.39 is 23.3 Å². The van der Waals surface area contributed by atoms with Gasteiger partial charge in [-0.2, -0.15) is 0 Å². The van der Waals surface area contributed by atoms with E-state index in [2.05, 4.69) is 0 Å². The summed E-state index contributed by atoms with van der Waals surface area (Å²) in [5.41, 5.74) is -0.239. The lowest BCUT2D eigenvalue weighted by Crippen LogP contribution is -2.19. The molecule has 0 radical (unpaired) electrons. The molecule has 24 heavy (non-hydrogen) atoms. The third kappa shape index (κ3) is 4.84. The fraction of sp³-hybridized carbons (Fsp3) is 0.353. The summed E-state index contributed by atoms with van der Waals surface area (Å²) in [5.74, 6) is -1.58. The predicted octanol–water partition coefficient (Wildman–Crippen LogP) is 1.94. The van der Waals surface area contributed by atoms with E-state index >= 15 is 0 Å². The van der Waals surface area contributed by atoms with Gasteiger partial charge in [-0.25, -0.2) is 9.59 Å². The van der Waals surface area contributed by atoms with E-state index in [9.17, 15) is 14.4 Å². The lowest BCUT2D eigenvalue weighted by molar-refractivity contribution is -0.146. The lowest BCUT2D eigenvalue weighted by Gasteiger charge is -2.09. The average molecular weight is 336 g/mol. The normalized spacial score (nSPS) is 9.67. The number of hydrogen-bond acceptors (Lipinski definition) is 7. The van der Waals surface area contributed by atoms with E-state index in [0.29, 0.717) is 11.5 Å². The fourth-order valence-corrected chi connectivity index (χ4v) is 1.82. The second-order valence-electron chi connectivity index (χ2n) is 4.43. The van der Waals surface area contributed by atoms with Gasteiger partial charge in [-0.15, -0.1) is 0 Å². The number of ketones is 1. The molecule has 1 aromatic rings. The van der Waals surface area contributed by atoms with Crippen LogP contribution >= 0.6 is 0 Å². The van der Waals surface area contributed by atoms with Gasteiger partial charge in [-0.05, 0) is 32.0 Å². The second kappa shape index (κ2) is 9.34. The second-order valence-corrected chi connectivity index (χ2v) is 4.43. The highest BCUT2D eigenvalue weighted by Gasteiger charge is 2.23. The highest BCUT2D eigenvalue weighted by atomic mass is 16.6. The van der Waals surface area contributed by atoms with E-state index in [1.54, 1.807) is 19.9 Å². The molecule has 0 spiro atoms. The molecule has 0 fully saturated rings. The molecule has 0 aliphatic heterocycles. The van der Waals surface area contributed by atoms with Crippen LogP contribution in [0.3, 0.4) is 0 Å². The van der Waals surface area contributed by atoms with Crippen molar-refractivity contribution < 1.29 is 33.3 Å². The molecule has 0 N–H and O–H groups in total. The van der Waals surface area contributed by atoms with E-state index in [4.69, 9.17) is 18.9 Å². The Labute approximate surface area is 140 Å². The standard InChI is InChI=1S/C17H20O7/c1-5-23-16(19)12(17(20)24-6-2)10-13(18)11-7-8-14(21-3)15(9-11)22-4/h7-10H,5-6H2,1-4H3. The van der Waals surface area contributed by atoms with Crippen molar-refractivity contribution in [1.82, 2.24) is 0 Å². The summed E-state index contributed by atoms with van der Waals surface area (Å²) in [6, 6.07) is 4.49. The first-order valence-electron chi connectivity index (χ1n) is 7.30. The number of rotatable bonds is 8. The summed E-state index contributed by atoms with van der Waals surface area (Å²) in [4.78, 5) is 36.1. The molecular weight excluding hydrogens is 316 g/mol. The Kier molecular flexibility index (Phi) is 7.48. The maximum atomic E-state index is 12.4. The van der Waals surface area contributed by atoms with Gasteiger partial charge < -0.3 is 18.9 Å². The lowest BCUT2D eigenvalue weighted by atomic mass is 10.1. The smallest absolute Gasteiger partial charge is 0.345 e. The minimum absolute atomic E-state index is 0.0696. The van der Waals surface area contributed by atoms with Gasteiger partial charge in [0, 0.05) is 11.6 Å². The molecule has 0 saturated carbocycles. The number of hydrogen-bond donors (Lipinski definition) is 0. The monoisotopic (exact) mass is 336 g/mol. The van der Waals surface area contributed by atoms with Crippen LogP contribution in [0, 0.1) is 0 Å². The predicted molar refractivity (Wildman–Crippen MR) is 85.2 cm³/mol. The largest absolute Gasteiger partial charge is 0.493 e. The molecule has 7 heteroatoms. The Bertz CT molecular complexity index is 626. The maximum absolute atomic E-state index is 12.4. The van der Waals surface area contributed by atoms with Gasteiger partial charge in [0.25, 0.3) is 0 Å². The van der Waals surface area contributed by atoms with Gasteiger partial charge in [-0.1, -0.05) is 0 Å². The van der Waals surface area contributed by atoms with Crippen LogP contribution in [0.15, 0.2) is 29.8 Å². The van der Waals surface area contributed by atoms with Crippen LogP contribution in [0.5, 0.6) is 11.5 Å². The van der Waals surface area contributed by atoms with Crippen molar-refractivity contribution >= 4 is 17.7 Å². The molecule has 0 atom stereocenters. The minimum Gasteiger partial charge on any atom is -0.493 e. The topological polar surface area (TPSA) is 88.1 Å². The van der Waals surface area contributed by atoms with Crippen LogP contribution in [0.2, 0.25) is 0 Å². The first kappa shape index (κ1) is 19.2. The summed E-state index contributed by atoms with van der Waals surface area (Å²) in [6.07, 6.45) is 0.900. The summed E-state index contributed by atoms with van der Waals surface area (Å²) in [7, 11) is 2.91. The van der Waals surface area contributed by atoms with Gasteiger partial charge in [0.2, 0.25) is 0 Å². The molecule has 0 saturated heterocycles. The van der Waals surface area contributed by atoms with Crippen molar-refractivity contribution in [3.8, 4) is 11.5 Å². The van der Waals surface area contributed by atoms with Crippen LogP contribution in [0.25, 0.3) is 0 Å². The first-order valence-corrected chi connectivity index (χ1v) is 7.30. The Morgan fingerprint density at radius 2 is 1.46 bits per heavy atom. The number of carbonyl (C=O) groups is 3. The van der Waals surface area contributed by atoms with Crippen LogP contribution in [0.4, 0.5) is 0 Å². The number of methoxy groups -OCH3 is 2. The molecule has 1 rings (SSSR count). The van der Waals surface area contributed by atoms with Crippen molar-refractivity contribution in [2.24, 2.45) is 0 Å².